The maximum atomic E-state index is 14.4. The Bertz CT molecular complexity index is 1310. The molecule has 188 valence electrons. The second-order valence-electron chi connectivity index (χ2n) is 7.81. The van der Waals surface area contributed by atoms with Crippen LogP contribution in [0.4, 0.5) is 14.6 Å². The number of halogens is 2. The SMILES string of the molecule is CCc1cnc(C(=O)/N=C\COc2cc(F)cnc2N(C)C(C)=O)nc1-c1cc(C)c(CO)c(F)c1. The molecule has 2 amide bonds. The normalized spacial score (nSPS) is 11.1. The summed E-state index contributed by atoms with van der Waals surface area (Å²) in [4.78, 5) is 41.4. The summed E-state index contributed by atoms with van der Waals surface area (Å²) in [7, 11) is 1.46. The van der Waals surface area contributed by atoms with Crippen LogP contribution in [0.1, 0.15) is 41.2 Å². The first-order valence-corrected chi connectivity index (χ1v) is 11.0. The molecule has 0 saturated carbocycles. The minimum atomic E-state index is -0.759. The number of aliphatic hydroxyl groups is 1. The summed E-state index contributed by atoms with van der Waals surface area (Å²) in [6.07, 6.45) is 4.14. The summed E-state index contributed by atoms with van der Waals surface area (Å²) < 4.78 is 33.5. The average molecular weight is 498 g/mol. The van der Waals surface area contributed by atoms with Gasteiger partial charge >= 0.3 is 5.91 Å². The van der Waals surface area contributed by atoms with Gasteiger partial charge < -0.3 is 9.84 Å². The monoisotopic (exact) mass is 497 g/mol. The smallest absolute Gasteiger partial charge is 0.314 e. The van der Waals surface area contributed by atoms with Gasteiger partial charge in [0, 0.05) is 43.6 Å². The third-order valence-electron chi connectivity index (χ3n) is 5.40. The molecule has 11 heteroatoms. The topological polar surface area (TPSA) is 118 Å². The largest absolute Gasteiger partial charge is 0.484 e. The van der Waals surface area contributed by atoms with E-state index >= 15 is 0 Å². The Morgan fingerprint density at radius 1 is 1.19 bits per heavy atom. The van der Waals surface area contributed by atoms with Crippen molar-refractivity contribution in [3.8, 4) is 17.0 Å². The van der Waals surface area contributed by atoms with Crippen molar-refractivity contribution in [2.75, 3.05) is 18.6 Å². The number of hydrogen-bond acceptors (Lipinski definition) is 7. The van der Waals surface area contributed by atoms with Crippen molar-refractivity contribution in [1.82, 2.24) is 15.0 Å². The summed E-state index contributed by atoms with van der Waals surface area (Å²) in [6, 6.07) is 4.01. The van der Waals surface area contributed by atoms with Crippen molar-refractivity contribution in [2.45, 2.75) is 33.8 Å². The summed E-state index contributed by atoms with van der Waals surface area (Å²) in [5, 5.41) is 9.36. The van der Waals surface area contributed by atoms with Crippen LogP contribution in [0.5, 0.6) is 5.75 Å². The van der Waals surface area contributed by atoms with Crippen molar-refractivity contribution < 1.29 is 28.2 Å². The second kappa shape index (κ2) is 11.5. The highest BCUT2D eigenvalue weighted by atomic mass is 19.1. The molecule has 0 unspecified atom stereocenters. The van der Waals surface area contributed by atoms with E-state index in [1.807, 2.05) is 6.92 Å². The van der Waals surface area contributed by atoms with E-state index in [-0.39, 0.29) is 35.5 Å². The van der Waals surface area contributed by atoms with Crippen molar-refractivity contribution in [3.63, 3.8) is 0 Å². The standard InChI is InChI=1S/C25H25F2N5O4/c1-5-16-11-29-23(31-22(16)17-8-14(2)19(13-33)20(27)9-17)25(35)28-6-7-36-21-10-18(26)12-30-24(21)32(4)15(3)34/h6,8-12,33H,5,7,13H2,1-4H3/b28-6-. The Morgan fingerprint density at radius 2 is 1.94 bits per heavy atom. The highest BCUT2D eigenvalue weighted by Crippen LogP contribution is 2.27. The zero-order valence-electron chi connectivity index (χ0n) is 20.2. The maximum Gasteiger partial charge on any atom is 0.314 e. The molecule has 0 aliphatic heterocycles. The van der Waals surface area contributed by atoms with Gasteiger partial charge in [-0.05, 0) is 36.6 Å². The first-order valence-electron chi connectivity index (χ1n) is 11.0. The van der Waals surface area contributed by atoms with Gasteiger partial charge in [0.25, 0.3) is 0 Å². The lowest BCUT2D eigenvalue weighted by atomic mass is 9.99. The number of ether oxygens (including phenoxy) is 1. The number of benzene rings is 1. The van der Waals surface area contributed by atoms with Crippen molar-refractivity contribution >= 4 is 23.8 Å². The molecule has 0 atom stereocenters. The molecular formula is C25H25F2N5O4. The van der Waals surface area contributed by atoms with Gasteiger partial charge in [-0.3, -0.25) is 14.5 Å². The second-order valence-corrected chi connectivity index (χ2v) is 7.81. The number of pyridine rings is 1. The third-order valence-corrected chi connectivity index (χ3v) is 5.40. The number of aryl methyl sites for hydroxylation is 2. The minimum absolute atomic E-state index is 0.00107. The van der Waals surface area contributed by atoms with E-state index in [0.717, 1.165) is 18.5 Å². The number of hydrogen-bond donors (Lipinski definition) is 1. The van der Waals surface area contributed by atoms with Gasteiger partial charge in [0.2, 0.25) is 11.7 Å². The van der Waals surface area contributed by atoms with E-state index in [9.17, 15) is 23.5 Å². The zero-order chi connectivity index (χ0) is 26.4. The Morgan fingerprint density at radius 3 is 2.58 bits per heavy atom. The predicted octanol–water partition coefficient (Wildman–Crippen LogP) is 3.45. The van der Waals surface area contributed by atoms with Crippen molar-refractivity contribution in [1.29, 1.82) is 0 Å². The molecule has 0 saturated heterocycles. The fourth-order valence-electron chi connectivity index (χ4n) is 3.36. The molecule has 0 bridgehead atoms. The van der Waals surface area contributed by atoms with Gasteiger partial charge in [-0.1, -0.05) is 6.92 Å². The maximum absolute atomic E-state index is 14.4. The quantitative estimate of drug-likeness (QED) is 0.474. The lowest BCUT2D eigenvalue weighted by Crippen LogP contribution is -2.24. The summed E-state index contributed by atoms with van der Waals surface area (Å²) >= 11 is 0. The summed E-state index contributed by atoms with van der Waals surface area (Å²) in [5.41, 5.74) is 2.28. The number of nitrogens with zero attached hydrogens (tertiary/aromatic N) is 5. The molecule has 9 nitrogen and oxygen atoms in total. The van der Waals surface area contributed by atoms with Crippen LogP contribution >= 0.6 is 0 Å². The molecule has 0 aliphatic rings. The zero-order valence-corrected chi connectivity index (χ0v) is 20.2. The molecule has 1 aromatic carbocycles. The molecule has 3 rings (SSSR count). The van der Waals surface area contributed by atoms with Crippen LogP contribution in [0, 0.1) is 18.6 Å². The number of aliphatic hydroxyl groups excluding tert-OH is 1. The van der Waals surface area contributed by atoms with Crippen molar-refractivity contribution in [3.05, 3.63) is 64.7 Å². The van der Waals surface area contributed by atoms with Gasteiger partial charge in [-0.25, -0.2) is 28.7 Å². The van der Waals surface area contributed by atoms with Crippen LogP contribution in [0.3, 0.4) is 0 Å². The average Bonchev–Trinajstić information content (AvgIpc) is 2.85. The van der Waals surface area contributed by atoms with E-state index in [1.165, 1.54) is 31.1 Å². The van der Waals surface area contributed by atoms with Crippen LogP contribution in [0.2, 0.25) is 0 Å². The molecule has 0 aliphatic carbocycles. The fraction of sp³-hybridized carbons (Fsp3) is 0.280. The highest BCUT2D eigenvalue weighted by Gasteiger charge is 2.17. The lowest BCUT2D eigenvalue weighted by molar-refractivity contribution is -0.116. The van der Waals surface area contributed by atoms with Crippen LogP contribution in [0.25, 0.3) is 11.3 Å². The van der Waals surface area contributed by atoms with E-state index in [1.54, 1.807) is 13.0 Å². The Hall–Kier alpha value is -4.12. The third kappa shape index (κ3) is 5.92. The molecule has 2 aromatic heterocycles. The highest BCUT2D eigenvalue weighted by molar-refractivity contribution is 5.96. The molecule has 0 radical (unpaired) electrons. The van der Waals surface area contributed by atoms with E-state index in [4.69, 9.17) is 4.74 Å². The number of carbonyl (C=O) groups excluding carboxylic acids is 2. The number of carbonyl (C=O) groups is 2. The van der Waals surface area contributed by atoms with Crippen molar-refractivity contribution in [2.24, 2.45) is 4.99 Å². The van der Waals surface area contributed by atoms with Crippen LogP contribution in [-0.4, -0.2) is 51.7 Å². The van der Waals surface area contributed by atoms with Crippen LogP contribution < -0.4 is 9.64 Å². The number of amides is 2. The Balaban J connectivity index is 1.80. The van der Waals surface area contributed by atoms with E-state index in [2.05, 4.69) is 19.9 Å². The molecule has 3 aromatic rings. The van der Waals surface area contributed by atoms with E-state index < -0.39 is 24.1 Å². The van der Waals surface area contributed by atoms with E-state index in [0.29, 0.717) is 28.8 Å². The van der Waals surface area contributed by atoms with Gasteiger partial charge in [0.1, 0.15) is 18.2 Å². The summed E-state index contributed by atoms with van der Waals surface area (Å²) in [5.74, 6) is -2.40. The molecule has 0 fully saturated rings. The van der Waals surface area contributed by atoms with Gasteiger partial charge in [0.05, 0.1) is 18.5 Å². The predicted molar refractivity (Wildman–Crippen MR) is 129 cm³/mol. The molecule has 1 N–H and O–H groups in total. The van der Waals surface area contributed by atoms with Gasteiger partial charge in [-0.15, -0.1) is 0 Å². The van der Waals surface area contributed by atoms with Crippen LogP contribution in [0.15, 0.2) is 35.6 Å². The first-order chi connectivity index (χ1) is 17.2. The number of aromatic nitrogens is 3. The first kappa shape index (κ1) is 26.5. The Labute approximate surface area is 206 Å². The van der Waals surface area contributed by atoms with Gasteiger partial charge in [-0.2, -0.15) is 0 Å². The fourth-order valence-corrected chi connectivity index (χ4v) is 3.36. The minimum Gasteiger partial charge on any atom is -0.484 e. The summed E-state index contributed by atoms with van der Waals surface area (Å²) in [6.45, 7) is 4.23. The molecular weight excluding hydrogens is 472 g/mol. The Kier molecular flexibility index (Phi) is 8.49. The van der Waals surface area contributed by atoms with Gasteiger partial charge in [0.15, 0.2) is 11.6 Å². The lowest BCUT2D eigenvalue weighted by Gasteiger charge is -2.17. The molecule has 0 spiro atoms. The number of anilines is 1. The number of aliphatic imine (C=N–C) groups is 1. The molecule has 2 heterocycles. The molecule has 36 heavy (non-hydrogen) atoms. The van der Waals surface area contributed by atoms with Crippen LogP contribution in [-0.2, 0) is 17.8 Å². The number of rotatable bonds is 8.